The molecule has 2 aromatic rings. The van der Waals surface area contributed by atoms with Crippen LogP contribution in [0.25, 0.3) is 0 Å². The van der Waals surface area contributed by atoms with Gasteiger partial charge < -0.3 is 16.4 Å². The first-order valence-corrected chi connectivity index (χ1v) is 9.24. The molecular weight excluding hydrogens is 410 g/mol. The molecule has 0 radical (unpaired) electrons. The van der Waals surface area contributed by atoms with Gasteiger partial charge in [-0.2, -0.15) is 21.6 Å². The first-order valence-electron chi connectivity index (χ1n) is 7.70. The molecule has 0 amide bonds. The van der Waals surface area contributed by atoms with E-state index in [1.54, 1.807) is 0 Å². The fourth-order valence-electron chi connectivity index (χ4n) is 2.11. The average Bonchev–Trinajstić information content (AvgIpc) is 3.03. The third-order valence-electron chi connectivity index (χ3n) is 3.35. The van der Waals surface area contributed by atoms with Crippen molar-refractivity contribution in [2.75, 3.05) is 23.7 Å². The second-order valence-corrected chi connectivity index (χ2v) is 6.91. The molecule has 2 rings (SSSR count). The molecular formula is C13H17F4N7O3S. The van der Waals surface area contributed by atoms with Crippen molar-refractivity contribution in [1.29, 1.82) is 0 Å². The Morgan fingerprint density at radius 2 is 1.93 bits per heavy atom. The van der Waals surface area contributed by atoms with Gasteiger partial charge in [0.2, 0.25) is 0 Å². The second kappa shape index (κ2) is 8.68. The molecule has 0 spiro atoms. The van der Waals surface area contributed by atoms with Gasteiger partial charge in [0.25, 0.3) is 10.2 Å². The quantitative estimate of drug-likeness (QED) is 0.224. The van der Waals surface area contributed by atoms with Crippen molar-refractivity contribution in [3.63, 3.8) is 0 Å². The highest BCUT2D eigenvalue weighted by atomic mass is 32.2. The van der Waals surface area contributed by atoms with Crippen molar-refractivity contribution in [2.45, 2.75) is 18.8 Å². The molecule has 0 aliphatic rings. The second-order valence-electron chi connectivity index (χ2n) is 5.53. The number of aromatic nitrogens is 2. The third kappa shape index (κ3) is 6.29. The molecule has 7 N–H and O–H groups in total. The van der Waals surface area contributed by atoms with Crippen LogP contribution in [0.4, 0.5) is 29.1 Å². The molecule has 15 heteroatoms. The van der Waals surface area contributed by atoms with E-state index in [0.29, 0.717) is 18.6 Å². The molecule has 156 valence electrons. The standard InChI is InChI=1S/C13H17F4N7O3S/c14-9-3-2-7(6-8(9)13(15,16)17)22-11(18)10-12(24-27-23-10)20-4-1-5-21-28(19,25)26/h2-3,6,11,21-22H,1,4-5,18H2,(H,20,24)(H2,19,25,26). The van der Waals surface area contributed by atoms with Gasteiger partial charge in [0, 0.05) is 18.8 Å². The first-order chi connectivity index (χ1) is 13.0. The summed E-state index contributed by atoms with van der Waals surface area (Å²) in [5.74, 6) is -1.31. The van der Waals surface area contributed by atoms with Gasteiger partial charge >= 0.3 is 6.18 Å². The summed E-state index contributed by atoms with van der Waals surface area (Å²) in [7, 11) is -3.79. The molecule has 1 aromatic heterocycles. The van der Waals surface area contributed by atoms with Gasteiger partial charge in [0.05, 0.1) is 5.56 Å². The van der Waals surface area contributed by atoms with E-state index >= 15 is 0 Å². The SMILES string of the molecule is NC(Nc1ccc(F)c(C(F)(F)F)c1)c1nonc1NCCCNS(N)(=O)=O. The van der Waals surface area contributed by atoms with Crippen LogP contribution in [0.2, 0.25) is 0 Å². The molecule has 28 heavy (non-hydrogen) atoms. The Balaban J connectivity index is 1.99. The molecule has 0 bridgehead atoms. The summed E-state index contributed by atoms with van der Waals surface area (Å²) in [4.78, 5) is 0. The zero-order valence-electron chi connectivity index (χ0n) is 14.1. The molecule has 0 aliphatic heterocycles. The summed E-state index contributed by atoms with van der Waals surface area (Å²) in [6, 6.07) is 2.33. The van der Waals surface area contributed by atoms with Crippen LogP contribution in [-0.2, 0) is 16.4 Å². The van der Waals surface area contributed by atoms with Crippen molar-refractivity contribution in [3.8, 4) is 0 Å². The van der Waals surface area contributed by atoms with E-state index < -0.39 is 33.9 Å². The van der Waals surface area contributed by atoms with Crippen molar-refractivity contribution >= 4 is 21.7 Å². The van der Waals surface area contributed by atoms with Gasteiger partial charge in [-0.1, -0.05) is 0 Å². The minimum Gasteiger partial charge on any atom is -0.365 e. The number of benzene rings is 1. The predicted octanol–water partition coefficient (Wildman–Crippen LogP) is 0.892. The zero-order chi connectivity index (χ0) is 20.9. The highest BCUT2D eigenvalue weighted by molar-refractivity contribution is 7.87. The van der Waals surface area contributed by atoms with E-state index in [2.05, 4.69) is 30.3 Å². The monoisotopic (exact) mass is 427 g/mol. The summed E-state index contributed by atoms with van der Waals surface area (Å²) >= 11 is 0. The normalized spacial score (nSPS) is 13.4. The summed E-state index contributed by atoms with van der Waals surface area (Å²) in [6.07, 6.45) is -5.65. The summed E-state index contributed by atoms with van der Waals surface area (Å²) < 4.78 is 79.8. The van der Waals surface area contributed by atoms with Crippen LogP contribution in [-0.4, -0.2) is 31.8 Å². The number of rotatable bonds is 9. The molecule has 10 nitrogen and oxygen atoms in total. The van der Waals surface area contributed by atoms with Crippen LogP contribution < -0.4 is 26.2 Å². The van der Waals surface area contributed by atoms with E-state index in [-0.39, 0.29) is 30.3 Å². The van der Waals surface area contributed by atoms with Gasteiger partial charge in [-0.05, 0) is 34.9 Å². The molecule has 1 atom stereocenters. The van der Waals surface area contributed by atoms with Crippen LogP contribution in [0, 0.1) is 5.82 Å². The number of halogens is 4. The Hall–Kier alpha value is -2.49. The van der Waals surface area contributed by atoms with Crippen molar-refractivity contribution < 1.29 is 30.6 Å². The maximum Gasteiger partial charge on any atom is 0.419 e. The van der Waals surface area contributed by atoms with E-state index in [1.807, 2.05) is 0 Å². The lowest BCUT2D eigenvalue weighted by atomic mass is 10.1. The Bertz CT molecular complexity index is 904. The third-order valence-corrected chi connectivity index (χ3v) is 3.96. The van der Waals surface area contributed by atoms with Crippen LogP contribution in [0.3, 0.4) is 0 Å². The lowest BCUT2D eigenvalue weighted by molar-refractivity contribution is -0.139. The number of alkyl halides is 3. The number of hydrogen-bond donors (Lipinski definition) is 5. The van der Waals surface area contributed by atoms with E-state index in [9.17, 15) is 26.0 Å². The highest BCUT2D eigenvalue weighted by Crippen LogP contribution is 2.33. The van der Waals surface area contributed by atoms with Crippen LogP contribution in [0.15, 0.2) is 22.8 Å². The minimum absolute atomic E-state index is 0.0530. The molecule has 0 saturated heterocycles. The maximum absolute atomic E-state index is 13.3. The Morgan fingerprint density at radius 1 is 1.21 bits per heavy atom. The number of nitrogens with one attached hydrogen (secondary N) is 3. The predicted molar refractivity (Wildman–Crippen MR) is 90.5 cm³/mol. The number of nitrogens with two attached hydrogens (primary N) is 2. The lowest BCUT2D eigenvalue weighted by Crippen LogP contribution is -2.32. The van der Waals surface area contributed by atoms with Crippen molar-refractivity contribution in [1.82, 2.24) is 15.0 Å². The fourth-order valence-corrected chi connectivity index (χ4v) is 2.54. The fraction of sp³-hybridized carbons (Fsp3) is 0.385. The van der Waals surface area contributed by atoms with Gasteiger partial charge in [0.15, 0.2) is 11.5 Å². The lowest BCUT2D eigenvalue weighted by Gasteiger charge is -2.16. The van der Waals surface area contributed by atoms with E-state index in [4.69, 9.17) is 10.9 Å². The molecule has 1 aromatic carbocycles. The first kappa shape index (κ1) is 21.8. The molecule has 0 saturated carbocycles. The molecule has 0 fully saturated rings. The minimum atomic E-state index is -4.86. The number of hydrogen-bond acceptors (Lipinski definition) is 8. The largest absolute Gasteiger partial charge is 0.419 e. The van der Waals surface area contributed by atoms with Gasteiger partial charge in [-0.15, -0.1) is 0 Å². The topological polar surface area (TPSA) is 161 Å². The molecule has 1 heterocycles. The number of nitrogens with zero attached hydrogens (tertiary/aromatic N) is 2. The van der Waals surface area contributed by atoms with Gasteiger partial charge in [-0.3, -0.25) is 0 Å². The number of anilines is 2. The zero-order valence-corrected chi connectivity index (χ0v) is 14.9. The molecule has 0 aliphatic carbocycles. The van der Waals surface area contributed by atoms with Crippen LogP contribution >= 0.6 is 0 Å². The summed E-state index contributed by atoms with van der Waals surface area (Å²) in [6.45, 7) is 0.303. The Labute approximate surface area is 156 Å². The smallest absolute Gasteiger partial charge is 0.365 e. The highest BCUT2D eigenvalue weighted by Gasteiger charge is 2.34. The molecule has 1 unspecified atom stereocenters. The van der Waals surface area contributed by atoms with Gasteiger partial charge in [-0.25, -0.2) is 18.9 Å². The van der Waals surface area contributed by atoms with Gasteiger partial charge in [0.1, 0.15) is 12.0 Å². The van der Waals surface area contributed by atoms with Crippen LogP contribution in [0.1, 0.15) is 23.8 Å². The summed E-state index contributed by atoms with van der Waals surface area (Å²) in [5, 5.41) is 17.3. The Morgan fingerprint density at radius 3 is 2.57 bits per heavy atom. The summed E-state index contributed by atoms with van der Waals surface area (Å²) in [5.41, 5.74) is 4.38. The van der Waals surface area contributed by atoms with Crippen molar-refractivity contribution in [2.24, 2.45) is 10.9 Å². The van der Waals surface area contributed by atoms with Crippen molar-refractivity contribution in [3.05, 3.63) is 35.3 Å². The Kier molecular flexibility index (Phi) is 6.76. The average molecular weight is 427 g/mol. The van der Waals surface area contributed by atoms with E-state index in [1.165, 1.54) is 0 Å². The van der Waals surface area contributed by atoms with E-state index in [0.717, 1.165) is 6.07 Å². The maximum atomic E-state index is 13.3. The van der Waals surface area contributed by atoms with Crippen LogP contribution in [0.5, 0.6) is 0 Å².